The maximum Gasteiger partial charge on any atom is 0.198 e. The van der Waals surface area contributed by atoms with Gasteiger partial charge in [0.25, 0.3) is 0 Å². The van der Waals surface area contributed by atoms with Crippen LogP contribution >= 0.6 is 0 Å². The third-order valence-electron chi connectivity index (χ3n) is 9.84. The summed E-state index contributed by atoms with van der Waals surface area (Å²) in [6.07, 6.45) is 0. The van der Waals surface area contributed by atoms with Crippen LogP contribution in [0.5, 0.6) is 0 Å². The Morgan fingerprint density at radius 3 is 2.30 bits per heavy atom. The van der Waals surface area contributed by atoms with Gasteiger partial charge in [-0.15, -0.1) is 0 Å². The zero-order valence-electron chi connectivity index (χ0n) is 27.0. The molecule has 5 nitrogen and oxygen atoms in total. The Kier molecular flexibility index (Phi) is 6.09. The van der Waals surface area contributed by atoms with Crippen molar-refractivity contribution >= 4 is 68.1 Å². The first-order chi connectivity index (χ1) is 23.0. The summed E-state index contributed by atoms with van der Waals surface area (Å²) in [6, 6.07) is 43.8. The number of benzene rings is 6. The second-order valence-electron chi connectivity index (χ2n) is 12.9. The third-order valence-corrected chi connectivity index (χ3v) is 9.84. The van der Waals surface area contributed by atoms with Gasteiger partial charge in [0, 0.05) is 71.3 Å². The Balaban J connectivity index is 1.27. The topological polar surface area (TPSA) is 38.0 Å². The number of fused-ring (bicyclic) bond motifs is 6. The van der Waals surface area contributed by atoms with Gasteiger partial charge in [-0.1, -0.05) is 78.3 Å². The van der Waals surface area contributed by atoms with E-state index in [1.807, 2.05) is 0 Å². The van der Waals surface area contributed by atoms with Crippen LogP contribution in [0.25, 0.3) is 61.0 Å². The molecule has 0 saturated heterocycles. The van der Waals surface area contributed by atoms with E-state index in [1.165, 1.54) is 60.8 Å². The van der Waals surface area contributed by atoms with E-state index < -0.39 is 0 Å². The Morgan fingerprint density at radius 2 is 1.49 bits per heavy atom. The fraction of sp³-hybridized carbons (Fsp3) is 0.0976. The van der Waals surface area contributed by atoms with E-state index in [0.717, 1.165) is 41.1 Å². The van der Waals surface area contributed by atoms with Gasteiger partial charge < -0.3 is 19.4 Å². The first kappa shape index (κ1) is 27.6. The zero-order chi connectivity index (χ0) is 31.8. The fourth-order valence-electron chi connectivity index (χ4n) is 7.58. The molecule has 0 atom stereocenters. The van der Waals surface area contributed by atoms with Crippen molar-refractivity contribution in [1.29, 1.82) is 0 Å². The Bertz CT molecular complexity index is 2510. The number of nitrogens with one attached hydrogen (secondary N) is 1. The summed E-state index contributed by atoms with van der Waals surface area (Å²) in [5.41, 5.74) is 16.8. The average molecular weight is 608 g/mol. The van der Waals surface area contributed by atoms with Crippen LogP contribution in [0.2, 0.25) is 0 Å². The molecule has 0 radical (unpaired) electrons. The van der Waals surface area contributed by atoms with Crippen LogP contribution in [-0.2, 0) is 7.05 Å². The molecule has 9 rings (SSSR count). The molecule has 0 unspecified atom stereocenters. The molecule has 3 heterocycles. The summed E-state index contributed by atoms with van der Waals surface area (Å²) in [5.74, 6) is 0.984. The van der Waals surface area contributed by atoms with Gasteiger partial charge in [-0.25, -0.2) is 4.98 Å². The highest BCUT2D eigenvalue weighted by Gasteiger charge is 2.28. The minimum atomic E-state index is 0.830. The molecule has 0 amide bonds. The van der Waals surface area contributed by atoms with E-state index in [0.29, 0.717) is 0 Å². The number of imidazole rings is 1. The Hall–Kier alpha value is -5.75. The summed E-state index contributed by atoms with van der Waals surface area (Å²) in [7, 11) is 7.10. The van der Waals surface area contributed by atoms with Crippen molar-refractivity contribution in [1.82, 2.24) is 14.1 Å². The van der Waals surface area contributed by atoms with E-state index in [4.69, 9.17) is 4.98 Å². The lowest BCUT2D eigenvalue weighted by Gasteiger charge is -2.24. The lowest BCUT2D eigenvalue weighted by atomic mass is 9.58. The molecule has 47 heavy (non-hydrogen) atoms. The van der Waals surface area contributed by atoms with Crippen LogP contribution < -0.4 is 21.1 Å². The molecule has 8 aromatic rings. The van der Waals surface area contributed by atoms with Gasteiger partial charge >= 0.3 is 0 Å². The standard InChI is InChI=1S/C41H34BN5/c1-25-22-31(29-14-8-10-16-33(29)43-27-18-20-28(21-19-27)45(2)3)39-40-38(25)30-15-9-11-17-35(30)47(40)36-24-37-34(23-32(36)42-39)44-41(46(37)4)26-12-6-5-7-13-26/h5-24,42-43H,1-4H3. The summed E-state index contributed by atoms with van der Waals surface area (Å²) in [6.45, 7) is 2.27. The molecule has 1 aliphatic heterocycles. The summed E-state index contributed by atoms with van der Waals surface area (Å²) >= 11 is 0. The molecule has 226 valence electrons. The van der Waals surface area contributed by atoms with Gasteiger partial charge in [0.05, 0.1) is 16.6 Å². The van der Waals surface area contributed by atoms with Gasteiger partial charge in [0.2, 0.25) is 0 Å². The van der Waals surface area contributed by atoms with E-state index in [9.17, 15) is 0 Å². The van der Waals surface area contributed by atoms with Gasteiger partial charge in [0.1, 0.15) is 5.82 Å². The molecule has 2 aromatic heterocycles. The normalized spacial score (nSPS) is 12.0. The molecule has 0 bridgehead atoms. The quantitative estimate of drug-likeness (QED) is 0.203. The monoisotopic (exact) mass is 607 g/mol. The van der Waals surface area contributed by atoms with Gasteiger partial charge in [-0.05, 0) is 72.0 Å². The molecule has 1 aliphatic rings. The smallest absolute Gasteiger partial charge is 0.198 e. The number of aromatic nitrogens is 3. The lowest BCUT2D eigenvalue weighted by Crippen LogP contribution is -2.37. The first-order valence-electron chi connectivity index (χ1n) is 16.2. The van der Waals surface area contributed by atoms with Crippen molar-refractivity contribution in [3.63, 3.8) is 0 Å². The van der Waals surface area contributed by atoms with Gasteiger partial charge in [0.15, 0.2) is 7.28 Å². The summed E-state index contributed by atoms with van der Waals surface area (Å²) in [4.78, 5) is 7.28. The number of anilines is 3. The fourth-order valence-corrected chi connectivity index (χ4v) is 7.58. The van der Waals surface area contributed by atoms with Crippen LogP contribution in [0.4, 0.5) is 17.1 Å². The van der Waals surface area contributed by atoms with Crippen LogP contribution in [0, 0.1) is 6.92 Å². The molecule has 0 aliphatic carbocycles. The van der Waals surface area contributed by atoms with Gasteiger partial charge in [-0.2, -0.15) is 0 Å². The number of rotatable bonds is 5. The maximum absolute atomic E-state index is 5.16. The molecule has 0 spiro atoms. The number of para-hydroxylation sites is 2. The van der Waals surface area contributed by atoms with E-state index in [1.54, 1.807) is 0 Å². The van der Waals surface area contributed by atoms with E-state index >= 15 is 0 Å². The number of aryl methyl sites for hydroxylation is 2. The SMILES string of the molecule is Cc1cc(-c2ccccc2Nc2ccc(N(C)C)cc2)c2c3c1c1ccccc1n3-c1cc3c(cc1B2)nc(-c1ccccc1)n3C. The molecular weight excluding hydrogens is 573 g/mol. The Morgan fingerprint density at radius 1 is 0.745 bits per heavy atom. The first-order valence-corrected chi connectivity index (χ1v) is 16.2. The number of hydrogen-bond donors (Lipinski definition) is 1. The predicted molar refractivity (Wildman–Crippen MR) is 201 cm³/mol. The zero-order valence-corrected chi connectivity index (χ0v) is 27.0. The molecule has 0 fully saturated rings. The van der Waals surface area contributed by atoms with Crippen molar-refractivity contribution in [2.24, 2.45) is 7.05 Å². The van der Waals surface area contributed by atoms with Crippen LogP contribution in [0.1, 0.15) is 5.56 Å². The summed E-state index contributed by atoms with van der Waals surface area (Å²) < 4.78 is 4.75. The number of hydrogen-bond acceptors (Lipinski definition) is 3. The minimum Gasteiger partial charge on any atom is -0.378 e. The van der Waals surface area contributed by atoms with Crippen molar-refractivity contribution in [3.05, 3.63) is 127 Å². The van der Waals surface area contributed by atoms with Crippen molar-refractivity contribution in [2.45, 2.75) is 6.92 Å². The largest absolute Gasteiger partial charge is 0.378 e. The number of nitrogens with zero attached hydrogens (tertiary/aromatic N) is 4. The minimum absolute atomic E-state index is 0.830. The van der Waals surface area contributed by atoms with Crippen molar-refractivity contribution in [3.8, 4) is 28.2 Å². The highest BCUT2D eigenvalue weighted by atomic mass is 15.1. The molecule has 6 aromatic carbocycles. The predicted octanol–water partition coefficient (Wildman–Crippen LogP) is 7.82. The second-order valence-corrected chi connectivity index (χ2v) is 12.9. The van der Waals surface area contributed by atoms with Crippen molar-refractivity contribution in [2.75, 3.05) is 24.3 Å². The molecule has 0 saturated carbocycles. The van der Waals surface area contributed by atoms with Crippen molar-refractivity contribution < 1.29 is 0 Å². The average Bonchev–Trinajstić information content (AvgIpc) is 3.62. The van der Waals surface area contributed by atoms with E-state index in [-0.39, 0.29) is 0 Å². The lowest BCUT2D eigenvalue weighted by molar-refractivity contribution is 0.958. The van der Waals surface area contributed by atoms with Crippen LogP contribution in [-0.4, -0.2) is 35.5 Å². The second kappa shape index (κ2) is 10.4. The molecule has 1 N–H and O–H groups in total. The highest BCUT2D eigenvalue weighted by Crippen LogP contribution is 2.39. The summed E-state index contributed by atoms with van der Waals surface area (Å²) in [5, 5.41) is 6.38. The van der Waals surface area contributed by atoms with Gasteiger partial charge in [-0.3, -0.25) is 0 Å². The maximum atomic E-state index is 5.16. The van der Waals surface area contributed by atoms with E-state index in [2.05, 4.69) is 169 Å². The highest BCUT2D eigenvalue weighted by molar-refractivity contribution is 6.73. The molecular formula is C41H34BN5. The van der Waals surface area contributed by atoms with Crippen LogP contribution in [0.15, 0.2) is 121 Å². The third kappa shape index (κ3) is 4.21. The molecule has 6 heteroatoms. The van der Waals surface area contributed by atoms with Crippen LogP contribution in [0.3, 0.4) is 0 Å². The Labute approximate surface area is 275 Å².